The minimum absolute atomic E-state index is 0.105. The maximum atomic E-state index is 13.9. The molecule has 6 atom stereocenters. The van der Waals surface area contributed by atoms with Crippen LogP contribution in [-0.2, 0) is 25.7 Å². The van der Waals surface area contributed by atoms with Gasteiger partial charge in [-0.1, -0.05) is 33.6 Å². The number of carbonyl (C=O) groups excluding carboxylic acids is 4. The van der Waals surface area contributed by atoms with Crippen molar-refractivity contribution in [2.24, 2.45) is 17.8 Å². The number of alkyl halides is 3. The van der Waals surface area contributed by atoms with Crippen molar-refractivity contribution in [2.45, 2.75) is 35.1 Å². The zero-order chi connectivity index (χ0) is 27.9. The Morgan fingerprint density at radius 2 is 1.87 bits per heavy atom. The second kappa shape index (κ2) is 9.33. The lowest BCUT2D eigenvalue weighted by atomic mass is 9.56. The molecule has 2 saturated heterocycles. The standard InChI is InChI=1S/C27H23BrCl2N2O6S/c1-38-13-4-7-19(33)17(9-13)21-15-5-6-16-20(23(35)31(22(16)34)11-14-3-2-8-39-14)18(15)10-26(29)24(36)32(12-28)25(37)27(21,26)30/h2-5,7-9,16,18,20-21,33H,6,10-12H2,1H3. The molecule has 2 aliphatic carbocycles. The van der Waals surface area contributed by atoms with Crippen LogP contribution in [0.5, 0.6) is 11.5 Å². The molecule has 0 spiro atoms. The predicted octanol–water partition coefficient (Wildman–Crippen LogP) is 4.37. The quantitative estimate of drug-likeness (QED) is 0.222. The molecule has 1 saturated carbocycles. The fourth-order valence-corrected chi connectivity index (χ4v) is 8.88. The summed E-state index contributed by atoms with van der Waals surface area (Å²) >= 11 is 19.0. The molecule has 4 aliphatic rings. The van der Waals surface area contributed by atoms with Crippen LogP contribution in [0.25, 0.3) is 0 Å². The molecule has 1 aromatic heterocycles. The molecular weight excluding hydrogens is 631 g/mol. The van der Waals surface area contributed by atoms with Crippen LogP contribution < -0.4 is 4.74 Å². The van der Waals surface area contributed by atoms with Crippen LogP contribution in [0, 0.1) is 17.8 Å². The van der Waals surface area contributed by atoms with E-state index in [1.807, 2.05) is 23.6 Å². The summed E-state index contributed by atoms with van der Waals surface area (Å²) in [6, 6.07) is 8.28. The first kappa shape index (κ1) is 26.8. The number of imide groups is 2. The number of thiophene rings is 1. The number of phenols is 1. The molecule has 1 aromatic carbocycles. The Morgan fingerprint density at radius 3 is 2.54 bits per heavy atom. The van der Waals surface area contributed by atoms with Crippen LogP contribution in [0.1, 0.15) is 29.2 Å². The number of aromatic hydroxyl groups is 1. The van der Waals surface area contributed by atoms with Gasteiger partial charge in [0.15, 0.2) is 9.75 Å². The second-order valence-electron chi connectivity index (χ2n) is 10.3. The van der Waals surface area contributed by atoms with Crippen molar-refractivity contribution < 1.29 is 29.0 Å². The number of allylic oxidation sites excluding steroid dienone is 2. The molecule has 2 aliphatic heterocycles. The Bertz CT molecular complexity index is 1450. The van der Waals surface area contributed by atoms with E-state index in [0.29, 0.717) is 11.3 Å². The fraction of sp³-hybridized carbons (Fsp3) is 0.407. The molecule has 4 amide bonds. The first-order valence-electron chi connectivity index (χ1n) is 12.3. The summed E-state index contributed by atoms with van der Waals surface area (Å²) in [6.45, 7) is 0.171. The highest BCUT2D eigenvalue weighted by Gasteiger charge is 2.76. The van der Waals surface area contributed by atoms with E-state index in [4.69, 9.17) is 27.9 Å². The second-order valence-corrected chi connectivity index (χ2v) is 13.0. The van der Waals surface area contributed by atoms with Gasteiger partial charge >= 0.3 is 0 Å². The summed E-state index contributed by atoms with van der Waals surface area (Å²) in [5, 5.41) is 12.9. The van der Waals surface area contributed by atoms with Gasteiger partial charge in [-0.25, -0.2) is 0 Å². The largest absolute Gasteiger partial charge is 0.508 e. The van der Waals surface area contributed by atoms with Crippen molar-refractivity contribution in [2.75, 3.05) is 12.6 Å². The van der Waals surface area contributed by atoms with Crippen molar-refractivity contribution in [3.05, 3.63) is 57.8 Å². The summed E-state index contributed by atoms with van der Waals surface area (Å²) in [7, 11) is 1.47. The van der Waals surface area contributed by atoms with Gasteiger partial charge in [-0.05, 0) is 48.4 Å². The van der Waals surface area contributed by atoms with E-state index in [-0.39, 0.29) is 48.0 Å². The summed E-state index contributed by atoms with van der Waals surface area (Å²) in [4.78, 5) is 54.0. The van der Waals surface area contributed by atoms with E-state index in [0.717, 1.165) is 9.78 Å². The number of phenolic OH excluding ortho intramolecular Hbond substituents is 1. The average Bonchev–Trinajstić information content (AvgIpc) is 3.56. The molecule has 1 N–H and O–H groups in total. The number of ether oxygens (including phenoxy) is 1. The fourth-order valence-electron chi connectivity index (χ4n) is 6.77. The number of carbonyl (C=O) groups is 4. The smallest absolute Gasteiger partial charge is 0.254 e. The number of nitrogens with zero attached hydrogens (tertiary/aromatic N) is 2. The molecule has 204 valence electrons. The van der Waals surface area contributed by atoms with E-state index in [1.54, 1.807) is 12.1 Å². The van der Waals surface area contributed by atoms with E-state index in [2.05, 4.69) is 15.9 Å². The van der Waals surface area contributed by atoms with Crippen molar-refractivity contribution in [3.8, 4) is 11.5 Å². The molecule has 39 heavy (non-hydrogen) atoms. The maximum Gasteiger partial charge on any atom is 0.254 e. The lowest BCUT2D eigenvalue weighted by Crippen LogP contribution is -2.60. The number of halogens is 3. The molecule has 3 fully saturated rings. The van der Waals surface area contributed by atoms with E-state index in [9.17, 15) is 24.3 Å². The number of rotatable bonds is 5. The van der Waals surface area contributed by atoms with Gasteiger partial charge in [0, 0.05) is 16.4 Å². The third-order valence-corrected chi connectivity index (χ3v) is 11.3. The van der Waals surface area contributed by atoms with E-state index < -0.39 is 45.2 Å². The molecule has 3 heterocycles. The zero-order valence-corrected chi connectivity index (χ0v) is 24.5. The van der Waals surface area contributed by atoms with Crippen LogP contribution in [-0.4, -0.2) is 60.8 Å². The van der Waals surface area contributed by atoms with Crippen molar-refractivity contribution in [3.63, 3.8) is 0 Å². The summed E-state index contributed by atoms with van der Waals surface area (Å²) in [5.41, 5.74) is 0.753. The first-order valence-corrected chi connectivity index (χ1v) is 15.1. The van der Waals surface area contributed by atoms with E-state index in [1.165, 1.54) is 29.4 Å². The SMILES string of the molecule is COc1ccc(O)c(C2C3=CCC4C(=O)N(Cc5cccs5)C(=O)C4C3CC3(Cl)C(=O)N(CBr)C(=O)C23Cl)c1. The lowest BCUT2D eigenvalue weighted by Gasteiger charge is -2.50. The molecule has 2 aromatic rings. The van der Waals surface area contributed by atoms with Crippen LogP contribution in [0.15, 0.2) is 47.4 Å². The molecule has 6 unspecified atom stereocenters. The molecule has 6 rings (SSSR count). The normalized spacial score (nSPS) is 33.7. The van der Waals surface area contributed by atoms with E-state index >= 15 is 0 Å². The van der Waals surface area contributed by atoms with Gasteiger partial charge in [-0.15, -0.1) is 34.5 Å². The third kappa shape index (κ3) is 3.54. The highest BCUT2D eigenvalue weighted by molar-refractivity contribution is 9.09. The third-order valence-electron chi connectivity index (χ3n) is 8.55. The van der Waals surface area contributed by atoms with Crippen LogP contribution in [0.3, 0.4) is 0 Å². The minimum atomic E-state index is -1.99. The lowest BCUT2D eigenvalue weighted by molar-refractivity contribution is -0.141. The Balaban J connectivity index is 1.52. The number of likely N-dealkylation sites (tertiary alicyclic amines) is 2. The first-order chi connectivity index (χ1) is 18.6. The van der Waals surface area contributed by atoms with Crippen molar-refractivity contribution >= 4 is 74.1 Å². The Kier molecular flexibility index (Phi) is 6.41. The van der Waals surface area contributed by atoms with Gasteiger partial charge in [0.05, 0.1) is 30.9 Å². The summed E-state index contributed by atoms with van der Waals surface area (Å²) < 4.78 is 5.38. The number of amides is 4. The van der Waals surface area contributed by atoms with Gasteiger partial charge in [0.2, 0.25) is 11.8 Å². The maximum absolute atomic E-state index is 13.9. The predicted molar refractivity (Wildman–Crippen MR) is 148 cm³/mol. The Morgan fingerprint density at radius 1 is 1.10 bits per heavy atom. The monoisotopic (exact) mass is 652 g/mol. The Labute approximate surface area is 246 Å². The molecule has 0 bridgehead atoms. The number of methoxy groups -OCH3 is 1. The van der Waals surface area contributed by atoms with Crippen molar-refractivity contribution in [1.82, 2.24) is 9.80 Å². The molecule has 12 heteroatoms. The van der Waals surface area contributed by atoms with Crippen LogP contribution in [0.4, 0.5) is 0 Å². The minimum Gasteiger partial charge on any atom is -0.508 e. The average molecular weight is 654 g/mol. The van der Waals surface area contributed by atoms with Crippen LogP contribution >= 0.6 is 50.5 Å². The van der Waals surface area contributed by atoms with Crippen molar-refractivity contribution in [1.29, 1.82) is 0 Å². The number of hydrogen-bond donors (Lipinski definition) is 1. The molecule has 0 radical (unpaired) electrons. The zero-order valence-electron chi connectivity index (χ0n) is 20.6. The molecular formula is C27H23BrCl2N2O6S. The summed E-state index contributed by atoms with van der Waals surface area (Å²) in [5.74, 6) is -4.82. The molecule has 8 nitrogen and oxygen atoms in total. The summed E-state index contributed by atoms with van der Waals surface area (Å²) in [6.07, 6.45) is 1.99. The van der Waals surface area contributed by atoms with Crippen LogP contribution in [0.2, 0.25) is 0 Å². The highest BCUT2D eigenvalue weighted by atomic mass is 79.9. The number of hydrogen-bond acceptors (Lipinski definition) is 7. The van der Waals surface area contributed by atoms with Gasteiger partial charge < -0.3 is 9.84 Å². The number of benzene rings is 1. The van der Waals surface area contributed by atoms with Gasteiger partial charge in [0.1, 0.15) is 11.5 Å². The van der Waals surface area contributed by atoms with Gasteiger partial charge in [-0.2, -0.15) is 0 Å². The number of fused-ring (bicyclic) bond motifs is 4. The Hall–Kier alpha value is -2.40. The van der Waals surface area contributed by atoms with Gasteiger partial charge in [-0.3, -0.25) is 29.0 Å². The van der Waals surface area contributed by atoms with Gasteiger partial charge in [0.25, 0.3) is 11.8 Å². The highest BCUT2D eigenvalue weighted by Crippen LogP contribution is 2.66. The topological polar surface area (TPSA) is 104 Å².